The number of aromatic nitrogens is 4. The van der Waals surface area contributed by atoms with Crippen LogP contribution in [0.25, 0.3) is 21.8 Å². The lowest BCUT2D eigenvalue weighted by atomic mass is 10.0. The van der Waals surface area contributed by atoms with E-state index in [2.05, 4.69) is 92.1 Å². The number of benzene rings is 3. The number of nitrogens with one attached hydrogen (secondary N) is 2. The number of hydrogen-bond acceptors (Lipinski definition) is 5. The van der Waals surface area contributed by atoms with Gasteiger partial charge in [0.25, 0.3) is 0 Å². The minimum atomic E-state index is 0.605. The second-order valence-corrected chi connectivity index (χ2v) is 7.92. The summed E-state index contributed by atoms with van der Waals surface area (Å²) in [5.74, 6) is 1.55. The third-order valence-corrected chi connectivity index (χ3v) is 5.93. The number of nitrogens with zero attached hydrogens (tertiary/aromatic N) is 4. The van der Waals surface area contributed by atoms with Crippen LogP contribution in [0, 0.1) is 0 Å². The lowest BCUT2D eigenvalue weighted by Crippen LogP contribution is -2.29. The van der Waals surface area contributed by atoms with E-state index in [-0.39, 0.29) is 0 Å². The van der Waals surface area contributed by atoms with E-state index in [0.29, 0.717) is 12.5 Å². The molecule has 5 aromatic rings. The first-order valence-corrected chi connectivity index (χ1v) is 10.6. The molecule has 0 bridgehead atoms. The fourth-order valence-electron chi connectivity index (χ4n) is 4.38. The molecule has 1 aliphatic rings. The van der Waals surface area contributed by atoms with Gasteiger partial charge in [0.05, 0.1) is 11.1 Å². The zero-order chi connectivity index (χ0) is 20.6. The molecule has 6 heteroatoms. The third-order valence-electron chi connectivity index (χ3n) is 5.93. The standard InChI is InChI=1S/C25H22N6/c1-2-7-17(8-3-1)16-31-14-13-21-22-23(30-29-21)27-25(28-24(22)31)26-15-19-11-6-10-18-9-4-5-12-20(18)19/h1-12H,13-16H2,(H2,26,27,28,29,30). The second-order valence-electron chi connectivity index (χ2n) is 7.92. The normalized spacial score (nSPS) is 13.1. The Bertz CT molecular complexity index is 1370. The molecule has 6 rings (SSSR count). The van der Waals surface area contributed by atoms with Crippen molar-refractivity contribution in [2.45, 2.75) is 19.5 Å². The van der Waals surface area contributed by atoms with Crippen LogP contribution in [0.3, 0.4) is 0 Å². The Hall–Kier alpha value is -3.93. The molecule has 0 fully saturated rings. The molecule has 0 radical (unpaired) electrons. The van der Waals surface area contributed by atoms with Crippen molar-refractivity contribution in [3.8, 4) is 0 Å². The van der Waals surface area contributed by atoms with Gasteiger partial charge in [0, 0.05) is 26.1 Å². The number of H-pyrrole nitrogens is 1. The van der Waals surface area contributed by atoms with Crippen molar-refractivity contribution in [1.82, 2.24) is 20.2 Å². The molecule has 0 spiro atoms. The minimum absolute atomic E-state index is 0.605. The van der Waals surface area contributed by atoms with Crippen LogP contribution in [0.5, 0.6) is 0 Å². The highest BCUT2D eigenvalue weighted by Crippen LogP contribution is 2.32. The fourth-order valence-corrected chi connectivity index (χ4v) is 4.38. The molecule has 0 aliphatic carbocycles. The first-order valence-electron chi connectivity index (χ1n) is 10.6. The van der Waals surface area contributed by atoms with Gasteiger partial charge in [0.15, 0.2) is 5.65 Å². The largest absolute Gasteiger partial charge is 0.351 e. The van der Waals surface area contributed by atoms with Gasteiger partial charge in [0.1, 0.15) is 5.82 Å². The summed E-state index contributed by atoms with van der Waals surface area (Å²) in [6, 6.07) is 25.3. The van der Waals surface area contributed by atoms with Crippen LogP contribution >= 0.6 is 0 Å². The average molecular weight is 406 g/mol. The van der Waals surface area contributed by atoms with E-state index in [1.165, 1.54) is 21.9 Å². The maximum absolute atomic E-state index is 4.92. The Labute approximate surface area is 180 Å². The Balaban J connectivity index is 1.33. The molecule has 0 atom stereocenters. The van der Waals surface area contributed by atoms with Crippen molar-refractivity contribution in [2.75, 3.05) is 16.8 Å². The van der Waals surface area contributed by atoms with E-state index in [0.717, 1.165) is 42.1 Å². The topological polar surface area (TPSA) is 69.7 Å². The number of anilines is 2. The Morgan fingerprint density at radius 3 is 2.68 bits per heavy atom. The smallest absolute Gasteiger partial charge is 0.227 e. The summed E-state index contributed by atoms with van der Waals surface area (Å²) in [5, 5.41) is 14.6. The molecule has 0 amide bonds. The number of rotatable bonds is 5. The van der Waals surface area contributed by atoms with E-state index >= 15 is 0 Å². The lowest BCUT2D eigenvalue weighted by Gasteiger charge is -2.28. The first-order chi connectivity index (χ1) is 15.3. The molecule has 0 saturated heterocycles. The Morgan fingerprint density at radius 1 is 0.903 bits per heavy atom. The maximum atomic E-state index is 4.92. The Kier molecular flexibility index (Phi) is 4.27. The molecular formula is C25H22N6. The van der Waals surface area contributed by atoms with Gasteiger partial charge in [0.2, 0.25) is 5.95 Å². The summed E-state index contributed by atoms with van der Waals surface area (Å²) in [6.45, 7) is 2.38. The van der Waals surface area contributed by atoms with Crippen LogP contribution in [0.15, 0.2) is 72.8 Å². The van der Waals surface area contributed by atoms with Crippen molar-refractivity contribution in [1.29, 1.82) is 0 Å². The van der Waals surface area contributed by atoms with Gasteiger partial charge >= 0.3 is 0 Å². The van der Waals surface area contributed by atoms with Crippen LogP contribution in [-0.2, 0) is 19.5 Å². The zero-order valence-corrected chi connectivity index (χ0v) is 17.0. The molecule has 6 nitrogen and oxygen atoms in total. The van der Waals surface area contributed by atoms with Crippen molar-refractivity contribution in [3.05, 3.63) is 89.6 Å². The van der Waals surface area contributed by atoms with E-state index in [4.69, 9.17) is 4.98 Å². The van der Waals surface area contributed by atoms with Crippen molar-refractivity contribution >= 4 is 33.6 Å². The van der Waals surface area contributed by atoms with Crippen molar-refractivity contribution in [2.24, 2.45) is 0 Å². The van der Waals surface area contributed by atoms with E-state index in [1.54, 1.807) is 0 Å². The van der Waals surface area contributed by atoms with Crippen LogP contribution in [-0.4, -0.2) is 26.7 Å². The van der Waals surface area contributed by atoms with Gasteiger partial charge in [-0.15, -0.1) is 0 Å². The van der Waals surface area contributed by atoms with Crippen LogP contribution in [0.1, 0.15) is 16.8 Å². The van der Waals surface area contributed by atoms with Crippen LogP contribution < -0.4 is 10.2 Å². The lowest BCUT2D eigenvalue weighted by molar-refractivity contribution is 0.747. The van der Waals surface area contributed by atoms with E-state index in [9.17, 15) is 0 Å². The summed E-state index contributed by atoms with van der Waals surface area (Å²) in [4.78, 5) is 11.9. The van der Waals surface area contributed by atoms with E-state index < -0.39 is 0 Å². The minimum Gasteiger partial charge on any atom is -0.351 e. The SMILES string of the molecule is c1ccc(CN2CCc3[nH]nc4nc(NCc5cccc6ccccc56)nc2c34)cc1. The van der Waals surface area contributed by atoms with Gasteiger partial charge in [-0.3, -0.25) is 5.10 Å². The van der Waals surface area contributed by atoms with Gasteiger partial charge in [-0.1, -0.05) is 72.8 Å². The van der Waals surface area contributed by atoms with Crippen LogP contribution in [0.2, 0.25) is 0 Å². The summed E-state index contributed by atoms with van der Waals surface area (Å²) in [7, 11) is 0. The molecule has 0 unspecified atom stereocenters. The summed E-state index contributed by atoms with van der Waals surface area (Å²) in [6.07, 6.45) is 0.919. The summed E-state index contributed by atoms with van der Waals surface area (Å²) < 4.78 is 0. The predicted octanol–water partition coefficient (Wildman–Crippen LogP) is 4.68. The highest BCUT2D eigenvalue weighted by molar-refractivity contribution is 5.92. The molecule has 152 valence electrons. The molecular weight excluding hydrogens is 384 g/mol. The average Bonchev–Trinajstić information content (AvgIpc) is 3.24. The highest BCUT2D eigenvalue weighted by Gasteiger charge is 2.24. The zero-order valence-electron chi connectivity index (χ0n) is 17.0. The maximum Gasteiger partial charge on any atom is 0.227 e. The van der Waals surface area contributed by atoms with Crippen LogP contribution in [0.4, 0.5) is 11.8 Å². The highest BCUT2D eigenvalue weighted by atomic mass is 15.3. The number of fused-ring (bicyclic) bond motifs is 1. The quantitative estimate of drug-likeness (QED) is 0.443. The molecule has 3 heterocycles. The van der Waals surface area contributed by atoms with Gasteiger partial charge < -0.3 is 10.2 Å². The molecule has 1 aliphatic heterocycles. The van der Waals surface area contributed by atoms with Gasteiger partial charge in [-0.25, -0.2) is 0 Å². The predicted molar refractivity (Wildman–Crippen MR) is 124 cm³/mol. The van der Waals surface area contributed by atoms with Crippen molar-refractivity contribution < 1.29 is 0 Å². The fraction of sp³-hybridized carbons (Fsp3) is 0.160. The number of hydrogen-bond donors (Lipinski definition) is 2. The van der Waals surface area contributed by atoms with Gasteiger partial charge in [-0.05, 0) is 21.9 Å². The monoisotopic (exact) mass is 406 g/mol. The Morgan fingerprint density at radius 2 is 1.74 bits per heavy atom. The first kappa shape index (κ1) is 17.9. The van der Waals surface area contributed by atoms with Gasteiger partial charge in [-0.2, -0.15) is 15.1 Å². The molecule has 2 aromatic heterocycles. The molecule has 31 heavy (non-hydrogen) atoms. The number of aromatic amines is 1. The second kappa shape index (κ2) is 7.40. The summed E-state index contributed by atoms with van der Waals surface area (Å²) in [5.41, 5.74) is 4.33. The molecule has 2 N–H and O–H groups in total. The summed E-state index contributed by atoms with van der Waals surface area (Å²) >= 11 is 0. The van der Waals surface area contributed by atoms with E-state index in [1.807, 2.05) is 6.07 Å². The molecule has 0 saturated carbocycles. The molecule has 3 aromatic carbocycles. The van der Waals surface area contributed by atoms with Crippen molar-refractivity contribution in [3.63, 3.8) is 0 Å². The third kappa shape index (κ3) is 3.26.